The number of rotatable bonds is 2. The van der Waals surface area contributed by atoms with Crippen molar-refractivity contribution in [3.8, 4) is 0 Å². The van der Waals surface area contributed by atoms with Crippen LogP contribution in [-0.2, 0) is 9.53 Å². The number of nitrogens with one attached hydrogen (secondary N) is 1. The van der Waals surface area contributed by atoms with Gasteiger partial charge >= 0.3 is 5.97 Å². The fourth-order valence-electron chi connectivity index (χ4n) is 2.77. The molecule has 0 bridgehead atoms. The number of hydrogen-bond acceptors (Lipinski definition) is 4. The smallest absolute Gasteiger partial charge is 0.338 e. The summed E-state index contributed by atoms with van der Waals surface area (Å²) in [7, 11) is 0. The minimum atomic E-state index is -0.358. The highest BCUT2D eigenvalue weighted by molar-refractivity contribution is 6.05. The van der Waals surface area contributed by atoms with Gasteiger partial charge in [0.2, 0.25) is 5.91 Å². The first-order chi connectivity index (χ1) is 9.20. The second-order valence-corrected chi connectivity index (χ2v) is 4.79. The minimum Gasteiger partial charge on any atom is -0.462 e. The summed E-state index contributed by atoms with van der Waals surface area (Å²) in [4.78, 5) is 25.8. The van der Waals surface area contributed by atoms with Crippen LogP contribution in [0.25, 0.3) is 0 Å². The summed E-state index contributed by atoms with van der Waals surface area (Å²) in [6.45, 7) is 3.01. The molecular formula is C14H16N2O3. The first kappa shape index (κ1) is 12.0. The van der Waals surface area contributed by atoms with Gasteiger partial charge in [0.05, 0.1) is 23.5 Å². The van der Waals surface area contributed by atoms with Crippen molar-refractivity contribution < 1.29 is 14.3 Å². The van der Waals surface area contributed by atoms with E-state index >= 15 is 0 Å². The molecule has 1 amide bonds. The van der Waals surface area contributed by atoms with Crippen LogP contribution in [0, 0.1) is 0 Å². The Labute approximate surface area is 111 Å². The van der Waals surface area contributed by atoms with Crippen LogP contribution in [0.5, 0.6) is 0 Å². The zero-order valence-corrected chi connectivity index (χ0v) is 10.8. The Morgan fingerprint density at radius 2 is 2.37 bits per heavy atom. The van der Waals surface area contributed by atoms with Crippen molar-refractivity contribution in [3.05, 3.63) is 23.8 Å². The zero-order valence-electron chi connectivity index (χ0n) is 10.8. The van der Waals surface area contributed by atoms with Gasteiger partial charge < -0.3 is 15.0 Å². The summed E-state index contributed by atoms with van der Waals surface area (Å²) in [6, 6.07) is 5.28. The van der Waals surface area contributed by atoms with E-state index in [9.17, 15) is 9.59 Å². The molecule has 0 radical (unpaired) electrons. The van der Waals surface area contributed by atoms with Crippen molar-refractivity contribution in [2.24, 2.45) is 0 Å². The Bertz CT molecular complexity index is 541. The van der Waals surface area contributed by atoms with Crippen molar-refractivity contribution in [1.82, 2.24) is 0 Å². The van der Waals surface area contributed by atoms with Crippen LogP contribution in [0.1, 0.15) is 30.1 Å². The van der Waals surface area contributed by atoms with E-state index in [1.165, 1.54) is 0 Å². The molecule has 2 aliphatic heterocycles. The summed E-state index contributed by atoms with van der Waals surface area (Å²) in [5.74, 6) is -0.339. The van der Waals surface area contributed by atoms with Gasteiger partial charge in [-0.2, -0.15) is 0 Å². The van der Waals surface area contributed by atoms with E-state index < -0.39 is 0 Å². The predicted octanol–water partition coefficient (Wildman–Crippen LogP) is 1.78. The van der Waals surface area contributed by atoms with E-state index in [0.29, 0.717) is 17.9 Å². The second kappa shape index (κ2) is 4.57. The molecule has 0 saturated carbocycles. The lowest BCUT2D eigenvalue weighted by Crippen LogP contribution is -2.43. The maximum atomic E-state index is 12.0. The van der Waals surface area contributed by atoms with Crippen LogP contribution in [0.2, 0.25) is 0 Å². The van der Waals surface area contributed by atoms with E-state index in [-0.39, 0.29) is 17.9 Å². The third kappa shape index (κ3) is 1.95. The molecular weight excluding hydrogens is 244 g/mol. The summed E-state index contributed by atoms with van der Waals surface area (Å²) in [6.07, 6.45) is 1.92. The van der Waals surface area contributed by atoms with Gasteiger partial charge in [0, 0.05) is 6.54 Å². The van der Waals surface area contributed by atoms with Gasteiger partial charge in [0.15, 0.2) is 0 Å². The molecule has 2 aliphatic rings. The molecule has 0 aliphatic carbocycles. The van der Waals surface area contributed by atoms with Crippen molar-refractivity contribution in [1.29, 1.82) is 0 Å². The number of hydrogen-bond donors (Lipinski definition) is 1. The van der Waals surface area contributed by atoms with E-state index in [1.807, 2.05) is 6.07 Å². The van der Waals surface area contributed by atoms with Crippen molar-refractivity contribution in [2.45, 2.75) is 25.8 Å². The number of amides is 1. The van der Waals surface area contributed by atoms with Crippen LogP contribution in [-0.4, -0.2) is 31.1 Å². The number of fused-ring (bicyclic) bond motifs is 3. The monoisotopic (exact) mass is 260 g/mol. The summed E-state index contributed by atoms with van der Waals surface area (Å²) in [5, 5.41) is 2.88. The fraction of sp³-hybridized carbons (Fsp3) is 0.429. The van der Waals surface area contributed by atoms with Crippen molar-refractivity contribution >= 4 is 23.3 Å². The van der Waals surface area contributed by atoms with E-state index in [4.69, 9.17) is 4.74 Å². The number of carbonyl (C=O) groups is 2. The number of ether oxygens (including phenoxy) is 1. The Balaban J connectivity index is 1.95. The molecule has 0 spiro atoms. The van der Waals surface area contributed by atoms with Crippen LogP contribution in [0.4, 0.5) is 11.4 Å². The first-order valence-electron chi connectivity index (χ1n) is 6.59. The maximum Gasteiger partial charge on any atom is 0.338 e. The largest absolute Gasteiger partial charge is 0.462 e. The minimum absolute atomic E-state index is 0.0195. The molecule has 3 rings (SSSR count). The summed E-state index contributed by atoms with van der Waals surface area (Å²) >= 11 is 0. The van der Waals surface area contributed by atoms with E-state index in [0.717, 1.165) is 25.1 Å². The normalized spacial score (nSPS) is 20.6. The molecule has 19 heavy (non-hydrogen) atoms. The quantitative estimate of drug-likeness (QED) is 0.823. The van der Waals surface area contributed by atoms with Gasteiger partial charge in [-0.1, -0.05) is 0 Å². The fourth-order valence-corrected chi connectivity index (χ4v) is 2.77. The number of nitrogens with zero attached hydrogens (tertiary/aromatic N) is 1. The standard InChI is InChI=1S/C14H16N2O3/c1-2-19-14(18)9-5-6-11-10(8-9)15-13(17)12-4-3-7-16(11)12/h5-6,8,12H,2-4,7H2,1H3,(H,15,17). The van der Waals surface area contributed by atoms with Gasteiger partial charge in [0.1, 0.15) is 6.04 Å². The predicted molar refractivity (Wildman–Crippen MR) is 71.4 cm³/mol. The number of carbonyl (C=O) groups excluding carboxylic acids is 2. The molecule has 1 N–H and O–H groups in total. The van der Waals surface area contributed by atoms with Gasteiger partial charge in [-0.15, -0.1) is 0 Å². The van der Waals surface area contributed by atoms with Crippen molar-refractivity contribution in [2.75, 3.05) is 23.4 Å². The molecule has 1 aromatic rings. The van der Waals surface area contributed by atoms with E-state index in [1.54, 1.807) is 19.1 Å². The van der Waals surface area contributed by atoms with Gasteiger partial charge in [-0.25, -0.2) is 4.79 Å². The highest BCUT2D eigenvalue weighted by atomic mass is 16.5. The molecule has 2 heterocycles. The lowest BCUT2D eigenvalue weighted by molar-refractivity contribution is -0.117. The molecule has 1 atom stereocenters. The zero-order chi connectivity index (χ0) is 13.4. The molecule has 100 valence electrons. The molecule has 0 aromatic heterocycles. The van der Waals surface area contributed by atoms with Crippen LogP contribution >= 0.6 is 0 Å². The average Bonchev–Trinajstić information content (AvgIpc) is 2.88. The topological polar surface area (TPSA) is 58.6 Å². The Kier molecular flexibility index (Phi) is 2.89. The molecule has 1 saturated heterocycles. The van der Waals surface area contributed by atoms with Crippen LogP contribution in [0.3, 0.4) is 0 Å². The van der Waals surface area contributed by atoms with Crippen molar-refractivity contribution in [3.63, 3.8) is 0 Å². The Morgan fingerprint density at radius 1 is 1.53 bits per heavy atom. The molecule has 5 heteroatoms. The van der Waals surface area contributed by atoms with Gasteiger partial charge in [0.25, 0.3) is 0 Å². The number of esters is 1. The first-order valence-corrected chi connectivity index (χ1v) is 6.59. The summed E-state index contributed by atoms with van der Waals surface area (Å²) in [5.41, 5.74) is 2.17. The number of anilines is 2. The number of benzene rings is 1. The summed E-state index contributed by atoms with van der Waals surface area (Å²) < 4.78 is 4.97. The van der Waals surface area contributed by atoms with Gasteiger partial charge in [-0.3, -0.25) is 4.79 Å². The Morgan fingerprint density at radius 3 is 3.16 bits per heavy atom. The molecule has 1 fully saturated rings. The lowest BCUT2D eigenvalue weighted by atomic mass is 10.1. The van der Waals surface area contributed by atoms with E-state index in [2.05, 4.69) is 10.2 Å². The van der Waals surface area contributed by atoms with Gasteiger partial charge in [-0.05, 0) is 38.0 Å². The third-order valence-corrected chi connectivity index (χ3v) is 3.63. The second-order valence-electron chi connectivity index (χ2n) is 4.79. The SMILES string of the molecule is CCOC(=O)c1ccc2c(c1)NC(=O)C1CCCN21. The van der Waals surface area contributed by atoms with Crippen LogP contribution < -0.4 is 10.2 Å². The molecule has 1 unspecified atom stereocenters. The third-order valence-electron chi connectivity index (χ3n) is 3.63. The Hall–Kier alpha value is -2.04. The molecule has 1 aromatic carbocycles. The maximum absolute atomic E-state index is 12.0. The average molecular weight is 260 g/mol. The lowest BCUT2D eigenvalue weighted by Gasteiger charge is -2.33. The molecule has 5 nitrogen and oxygen atoms in total. The van der Waals surface area contributed by atoms with Crippen LogP contribution in [0.15, 0.2) is 18.2 Å². The highest BCUT2D eigenvalue weighted by Crippen LogP contribution is 2.37. The highest BCUT2D eigenvalue weighted by Gasteiger charge is 2.36.